The van der Waals surface area contributed by atoms with Crippen molar-refractivity contribution in [1.29, 1.82) is 0 Å². The molecule has 2 saturated heterocycles. The van der Waals surface area contributed by atoms with Crippen LogP contribution in [-0.4, -0.2) is 59.4 Å². The Morgan fingerprint density at radius 1 is 1.42 bits per heavy atom. The number of fused-ring (bicyclic) bond motifs is 1. The molecular formula is C12H15ClN4O2. The molecule has 102 valence electrons. The first-order chi connectivity index (χ1) is 9.15. The highest BCUT2D eigenvalue weighted by atomic mass is 35.5. The summed E-state index contributed by atoms with van der Waals surface area (Å²) < 4.78 is 5.75. The molecule has 1 aromatic heterocycles. The number of carbonyl (C=O) groups is 1. The quantitative estimate of drug-likeness (QED) is 0.754. The fraction of sp³-hybridized carbons (Fsp3) is 0.583. The normalized spacial score (nSPS) is 26.4. The first-order valence-corrected chi connectivity index (χ1v) is 6.66. The third-order valence-corrected chi connectivity index (χ3v) is 3.86. The van der Waals surface area contributed by atoms with E-state index in [2.05, 4.69) is 15.1 Å². The van der Waals surface area contributed by atoms with Crippen molar-refractivity contribution in [2.75, 3.05) is 31.1 Å². The van der Waals surface area contributed by atoms with Crippen LogP contribution >= 0.6 is 11.6 Å². The van der Waals surface area contributed by atoms with E-state index in [1.807, 2.05) is 11.0 Å². The summed E-state index contributed by atoms with van der Waals surface area (Å²) in [7, 11) is 0. The molecule has 0 unspecified atom stereocenters. The molecule has 1 amide bonds. The van der Waals surface area contributed by atoms with Crippen molar-refractivity contribution in [3.05, 3.63) is 17.3 Å². The number of nitrogens with zero attached hydrogens (tertiary/aromatic N) is 4. The molecule has 3 rings (SSSR count). The van der Waals surface area contributed by atoms with Gasteiger partial charge in [-0.15, -0.1) is 10.2 Å². The standard InChI is InChI=1S/C12H15ClN4O2/c1-8(18)16-6-9-10(7-16)19-5-4-17(9)12-3-2-11(13)14-15-12/h2-3,9-10H,4-7H2,1H3/t9-,10+/m1/s1. The fourth-order valence-electron chi connectivity index (χ4n) is 2.69. The van der Waals surface area contributed by atoms with E-state index in [-0.39, 0.29) is 18.1 Å². The number of hydrogen-bond acceptors (Lipinski definition) is 5. The maximum Gasteiger partial charge on any atom is 0.219 e. The highest BCUT2D eigenvalue weighted by molar-refractivity contribution is 6.29. The van der Waals surface area contributed by atoms with Crippen molar-refractivity contribution >= 4 is 23.3 Å². The van der Waals surface area contributed by atoms with Gasteiger partial charge < -0.3 is 14.5 Å². The molecule has 0 bridgehead atoms. The van der Waals surface area contributed by atoms with Gasteiger partial charge in [0.2, 0.25) is 5.91 Å². The fourth-order valence-corrected chi connectivity index (χ4v) is 2.79. The molecule has 6 nitrogen and oxygen atoms in total. The lowest BCUT2D eigenvalue weighted by Crippen LogP contribution is -2.51. The zero-order chi connectivity index (χ0) is 13.4. The molecule has 0 spiro atoms. The lowest BCUT2D eigenvalue weighted by Gasteiger charge is -2.37. The Kier molecular flexibility index (Phi) is 3.28. The van der Waals surface area contributed by atoms with Gasteiger partial charge in [-0.3, -0.25) is 4.79 Å². The smallest absolute Gasteiger partial charge is 0.219 e. The summed E-state index contributed by atoms with van der Waals surface area (Å²) in [5.41, 5.74) is 0. The highest BCUT2D eigenvalue weighted by Crippen LogP contribution is 2.26. The van der Waals surface area contributed by atoms with Crippen LogP contribution in [0.2, 0.25) is 5.15 Å². The number of ether oxygens (including phenoxy) is 1. The number of anilines is 1. The second-order valence-electron chi connectivity index (χ2n) is 4.81. The molecule has 2 fully saturated rings. The Bertz CT molecular complexity index is 481. The van der Waals surface area contributed by atoms with Gasteiger partial charge in [0.1, 0.15) is 0 Å². The van der Waals surface area contributed by atoms with E-state index in [9.17, 15) is 4.79 Å². The number of aromatic nitrogens is 2. The predicted molar refractivity (Wildman–Crippen MR) is 70.2 cm³/mol. The molecule has 0 N–H and O–H groups in total. The maximum absolute atomic E-state index is 11.5. The molecule has 2 aliphatic heterocycles. The van der Waals surface area contributed by atoms with Crippen molar-refractivity contribution in [1.82, 2.24) is 15.1 Å². The summed E-state index contributed by atoms with van der Waals surface area (Å²) in [4.78, 5) is 15.5. The zero-order valence-corrected chi connectivity index (χ0v) is 11.4. The van der Waals surface area contributed by atoms with Crippen LogP contribution in [0.25, 0.3) is 0 Å². The first kappa shape index (κ1) is 12.6. The lowest BCUT2D eigenvalue weighted by molar-refractivity contribution is -0.128. The lowest BCUT2D eigenvalue weighted by atomic mass is 10.1. The van der Waals surface area contributed by atoms with Gasteiger partial charge in [0.25, 0.3) is 0 Å². The number of hydrogen-bond donors (Lipinski definition) is 0. The largest absolute Gasteiger partial charge is 0.372 e. The van der Waals surface area contributed by atoms with Crippen LogP contribution < -0.4 is 4.90 Å². The molecule has 1 aromatic rings. The topological polar surface area (TPSA) is 58.6 Å². The summed E-state index contributed by atoms with van der Waals surface area (Å²) >= 11 is 5.76. The molecule has 0 radical (unpaired) electrons. The van der Waals surface area contributed by atoms with Gasteiger partial charge in [-0.1, -0.05) is 11.6 Å². The number of likely N-dealkylation sites (tertiary alicyclic amines) is 1. The van der Waals surface area contributed by atoms with Crippen LogP contribution in [0.3, 0.4) is 0 Å². The number of carbonyl (C=O) groups excluding carboxylic acids is 1. The number of amides is 1. The third kappa shape index (κ3) is 2.37. The molecule has 2 atom stereocenters. The highest BCUT2D eigenvalue weighted by Gasteiger charge is 2.41. The van der Waals surface area contributed by atoms with E-state index in [0.29, 0.717) is 24.8 Å². The molecule has 0 saturated carbocycles. The van der Waals surface area contributed by atoms with Crippen LogP contribution in [0, 0.1) is 0 Å². The molecule has 0 aliphatic carbocycles. The summed E-state index contributed by atoms with van der Waals surface area (Å²) in [5.74, 6) is 0.869. The van der Waals surface area contributed by atoms with Crippen LogP contribution in [0.1, 0.15) is 6.92 Å². The minimum atomic E-state index is 0.0510. The van der Waals surface area contributed by atoms with Crippen LogP contribution in [0.15, 0.2) is 12.1 Å². The van der Waals surface area contributed by atoms with Crippen molar-refractivity contribution < 1.29 is 9.53 Å². The SMILES string of the molecule is CC(=O)N1C[C@@H]2OCCN(c3ccc(Cl)nn3)[C@@H]2C1. The van der Waals surface area contributed by atoms with Gasteiger partial charge in [0, 0.05) is 26.6 Å². The number of morpholine rings is 1. The van der Waals surface area contributed by atoms with E-state index in [4.69, 9.17) is 16.3 Å². The second kappa shape index (κ2) is 4.94. The Morgan fingerprint density at radius 2 is 2.26 bits per heavy atom. The van der Waals surface area contributed by atoms with E-state index < -0.39 is 0 Å². The van der Waals surface area contributed by atoms with Gasteiger partial charge in [0.05, 0.1) is 18.8 Å². The van der Waals surface area contributed by atoms with Gasteiger partial charge in [-0.05, 0) is 12.1 Å². The summed E-state index contributed by atoms with van der Waals surface area (Å²) in [6.07, 6.45) is 0.0510. The maximum atomic E-state index is 11.5. The Balaban J connectivity index is 1.82. The van der Waals surface area contributed by atoms with Crippen LogP contribution in [-0.2, 0) is 9.53 Å². The number of halogens is 1. The first-order valence-electron chi connectivity index (χ1n) is 6.28. The van der Waals surface area contributed by atoms with Crippen molar-refractivity contribution in [3.8, 4) is 0 Å². The molecule has 7 heteroatoms. The van der Waals surface area contributed by atoms with E-state index in [1.54, 1.807) is 13.0 Å². The molecule has 3 heterocycles. The van der Waals surface area contributed by atoms with Gasteiger partial charge in [-0.25, -0.2) is 0 Å². The summed E-state index contributed by atoms with van der Waals surface area (Å²) in [6.45, 7) is 4.30. The summed E-state index contributed by atoms with van der Waals surface area (Å²) in [6, 6.07) is 3.73. The molecule has 19 heavy (non-hydrogen) atoms. The van der Waals surface area contributed by atoms with Crippen molar-refractivity contribution in [2.45, 2.75) is 19.1 Å². The van der Waals surface area contributed by atoms with Crippen molar-refractivity contribution in [3.63, 3.8) is 0 Å². The molecule has 0 aromatic carbocycles. The molecule has 2 aliphatic rings. The predicted octanol–water partition coefficient (Wildman–Crippen LogP) is 0.566. The van der Waals surface area contributed by atoms with E-state index >= 15 is 0 Å². The Labute approximate surface area is 116 Å². The van der Waals surface area contributed by atoms with Crippen LogP contribution in [0.4, 0.5) is 5.82 Å². The Hall–Kier alpha value is -1.40. The monoisotopic (exact) mass is 282 g/mol. The van der Waals surface area contributed by atoms with Gasteiger partial charge >= 0.3 is 0 Å². The number of rotatable bonds is 1. The van der Waals surface area contributed by atoms with Gasteiger partial charge in [-0.2, -0.15) is 0 Å². The molecular weight excluding hydrogens is 268 g/mol. The Morgan fingerprint density at radius 3 is 2.95 bits per heavy atom. The third-order valence-electron chi connectivity index (χ3n) is 3.66. The average molecular weight is 283 g/mol. The van der Waals surface area contributed by atoms with Gasteiger partial charge in [0.15, 0.2) is 11.0 Å². The summed E-state index contributed by atoms with van der Waals surface area (Å²) in [5, 5.41) is 8.37. The van der Waals surface area contributed by atoms with Crippen molar-refractivity contribution in [2.24, 2.45) is 0 Å². The minimum Gasteiger partial charge on any atom is -0.372 e. The van der Waals surface area contributed by atoms with E-state index in [0.717, 1.165) is 12.4 Å². The zero-order valence-electron chi connectivity index (χ0n) is 10.6. The average Bonchev–Trinajstić information content (AvgIpc) is 2.83. The minimum absolute atomic E-state index is 0.0510. The second-order valence-corrected chi connectivity index (χ2v) is 5.20. The van der Waals surface area contributed by atoms with E-state index in [1.165, 1.54) is 0 Å². The van der Waals surface area contributed by atoms with Crippen LogP contribution in [0.5, 0.6) is 0 Å².